The molecule has 1 heterocycles. The van der Waals surface area contributed by atoms with E-state index in [1.807, 2.05) is 0 Å². The van der Waals surface area contributed by atoms with Crippen molar-refractivity contribution in [2.45, 2.75) is 38.6 Å². The third-order valence-corrected chi connectivity index (χ3v) is 6.21. The number of hydrogen-bond donors (Lipinski definition) is 2. The van der Waals surface area contributed by atoms with Crippen LogP contribution in [0.4, 0.5) is 4.79 Å². The molecule has 4 rings (SSSR count). The molecule has 35 heavy (non-hydrogen) atoms. The Kier molecular flexibility index (Phi) is 7.64. The van der Waals surface area contributed by atoms with Crippen molar-refractivity contribution in [3.8, 4) is 11.5 Å². The van der Waals surface area contributed by atoms with Crippen LogP contribution >= 0.6 is 0 Å². The lowest BCUT2D eigenvalue weighted by Crippen LogP contribution is -2.48. The fourth-order valence-corrected chi connectivity index (χ4v) is 4.31. The van der Waals surface area contributed by atoms with Crippen molar-refractivity contribution in [1.82, 2.24) is 10.6 Å². The van der Waals surface area contributed by atoms with Gasteiger partial charge < -0.3 is 19.5 Å². The number of carbonyl (C=O) groups is 4. The molecule has 9 nitrogen and oxygen atoms in total. The molecule has 0 saturated heterocycles. The van der Waals surface area contributed by atoms with Crippen LogP contribution in [-0.4, -0.2) is 49.6 Å². The number of ketones is 1. The molecule has 3 amide bonds. The maximum Gasteiger partial charge on any atom is 0.339 e. The summed E-state index contributed by atoms with van der Waals surface area (Å²) in [6, 6.07) is 10.4. The minimum atomic E-state index is -0.844. The number of nitrogens with one attached hydrogen (secondary N) is 2. The Morgan fingerprint density at radius 1 is 0.943 bits per heavy atom. The second kappa shape index (κ2) is 11.0. The molecule has 0 aromatic heterocycles. The van der Waals surface area contributed by atoms with Crippen LogP contribution in [0.5, 0.6) is 11.5 Å². The van der Waals surface area contributed by atoms with Gasteiger partial charge in [-0.15, -0.1) is 0 Å². The quantitative estimate of drug-likeness (QED) is 0.481. The first-order valence-electron chi connectivity index (χ1n) is 11.7. The Morgan fingerprint density at radius 3 is 2.43 bits per heavy atom. The van der Waals surface area contributed by atoms with Crippen molar-refractivity contribution >= 4 is 23.7 Å². The van der Waals surface area contributed by atoms with Gasteiger partial charge in [-0.3, -0.25) is 14.9 Å². The number of esters is 1. The van der Waals surface area contributed by atoms with E-state index in [4.69, 9.17) is 14.2 Å². The molecule has 0 bridgehead atoms. The van der Waals surface area contributed by atoms with E-state index in [9.17, 15) is 19.2 Å². The molecule has 2 N–H and O–H groups in total. The van der Waals surface area contributed by atoms with Gasteiger partial charge in [0.25, 0.3) is 5.91 Å². The molecule has 2 aliphatic rings. The van der Waals surface area contributed by atoms with Gasteiger partial charge in [0, 0.05) is 17.2 Å². The molecule has 1 aliphatic carbocycles. The van der Waals surface area contributed by atoms with Gasteiger partial charge >= 0.3 is 12.0 Å². The Morgan fingerprint density at radius 2 is 1.66 bits per heavy atom. The van der Waals surface area contributed by atoms with Crippen molar-refractivity contribution in [1.29, 1.82) is 0 Å². The fraction of sp³-hybridized carbons (Fsp3) is 0.385. The Hall–Kier alpha value is -3.88. The first-order valence-corrected chi connectivity index (χ1v) is 11.7. The molecule has 2 aromatic carbocycles. The second-order valence-electron chi connectivity index (χ2n) is 8.70. The van der Waals surface area contributed by atoms with Crippen LogP contribution in [0.15, 0.2) is 42.5 Å². The molecule has 0 spiro atoms. The van der Waals surface area contributed by atoms with Crippen LogP contribution in [-0.2, 0) is 9.53 Å². The molecular weight excluding hydrogens is 452 g/mol. The lowest BCUT2D eigenvalue weighted by molar-refractivity contribution is -0.123. The Balaban J connectivity index is 1.36. The maximum atomic E-state index is 13.1. The van der Waals surface area contributed by atoms with Gasteiger partial charge in [-0.05, 0) is 43.0 Å². The molecule has 9 heteroatoms. The molecule has 1 aliphatic heterocycles. The largest absolute Gasteiger partial charge is 0.486 e. The van der Waals surface area contributed by atoms with Gasteiger partial charge in [0.15, 0.2) is 23.9 Å². The van der Waals surface area contributed by atoms with Crippen LogP contribution < -0.4 is 20.1 Å². The van der Waals surface area contributed by atoms with Crippen molar-refractivity contribution in [2.24, 2.45) is 5.92 Å². The predicted octanol–water partition coefficient (Wildman–Crippen LogP) is 3.25. The van der Waals surface area contributed by atoms with Crippen LogP contribution in [0.1, 0.15) is 58.9 Å². The standard InChI is InChI=1S/C26H28N2O7/c1-16-6-2-5-9-20(16)27-26(32)28-23(29)15-35-25(31)19-8-4-3-7-18(19)24(30)17-10-11-21-22(14-17)34-13-12-33-21/h3-4,7-8,10-11,14,16,20H,2,5-6,9,12-13,15H2,1H3,(H2,27,28,29,32). The minimum absolute atomic E-state index is 0.0116. The van der Waals surface area contributed by atoms with Gasteiger partial charge in [-0.1, -0.05) is 38.0 Å². The van der Waals surface area contributed by atoms with Gasteiger partial charge in [-0.2, -0.15) is 0 Å². The Labute approximate surface area is 203 Å². The maximum absolute atomic E-state index is 13.1. The zero-order valence-electron chi connectivity index (χ0n) is 19.5. The summed E-state index contributed by atoms with van der Waals surface area (Å²) >= 11 is 0. The number of imide groups is 1. The molecule has 184 valence electrons. The van der Waals surface area contributed by atoms with E-state index in [0.29, 0.717) is 36.2 Å². The highest BCUT2D eigenvalue weighted by Crippen LogP contribution is 2.31. The number of benzene rings is 2. The molecule has 0 radical (unpaired) electrons. The normalized spacial score (nSPS) is 18.8. The molecule has 1 fully saturated rings. The monoisotopic (exact) mass is 480 g/mol. The van der Waals surface area contributed by atoms with E-state index in [1.165, 1.54) is 12.1 Å². The van der Waals surface area contributed by atoms with Crippen molar-refractivity contribution in [3.05, 3.63) is 59.2 Å². The lowest BCUT2D eigenvalue weighted by Gasteiger charge is -2.29. The summed E-state index contributed by atoms with van der Waals surface area (Å²) in [5, 5.41) is 5.00. The highest BCUT2D eigenvalue weighted by molar-refractivity contribution is 6.14. The summed E-state index contributed by atoms with van der Waals surface area (Å²) in [6.07, 6.45) is 4.06. The van der Waals surface area contributed by atoms with Crippen LogP contribution in [0.3, 0.4) is 0 Å². The molecule has 2 unspecified atom stereocenters. The molecule has 2 atom stereocenters. The second-order valence-corrected chi connectivity index (χ2v) is 8.70. The third-order valence-electron chi connectivity index (χ3n) is 6.21. The average molecular weight is 481 g/mol. The highest BCUT2D eigenvalue weighted by Gasteiger charge is 2.25. The number of rotatable bonds is 6. The number of urea groups is 1. The first-order chi connectivity index (χ1) is 16.9. The van der Waals surface area contributed by atoms with E-state index in [0.717, 1.165) is 25.7 Å². The number of hydrogen-bond acceptors (Lipinski definition) is 7. The average Bonchev–Trinajstić information content (AvgIpc) is 2.88. The number of amides is 3. The summed E-state index contributed by atoms with van der Waals surface area (Å²) in [4.78, 5) is 50.1. The van der Waals surface area contributed by atoms with Crippen molar-refractivity contribution < 1.29 is 33.4 Å². The van der Waals surface area contributed by atoms with E-state index in [1.54, 1.807) is 30.3 Å². The van der Waals surface area contributed by atoms with E-state index >= 15 is 0 Å². The topological polar surface area (TPSA) is 120 Å². The van der Waals surface area contributed by atoms with Gasteiger partial charge in [0.2, 0.25) is 0 Å². The minimum Gasteiger partial charge on any atom is -0.486 e. The number of carbonyl (C=O) groups excluding carboxylic acids is 4. The summed E-state index contributed by atoms with van der Waals surface area (Å²) in [5.74, 6) is -0.656. The Bertz CT molecular complexity index is 1130. The SMILES string of the molecule is CC1CCCCC1NC(=O)NC(=O)COC(=O)c1ccccc1C(=O)c1ccc2c(c1)OCCO2. The van der Waals surface area contributed by atoms with Crippen molar-refractivity contribution in [2.75, 3.05) is 19.8 Å². The van der Waals surface area contributed by atoms with Gasteiger partial charge in [0.05, 0.1) is 5.56 Å². The predicted molar refractivity (Wildman–Crippen MR) is 126 cm³/mol. The third kappa shape index (κ3) is 5.98. The highest BCUT2D eigenvalue weighted by atomic mass is 16.6. The van der Waals surface area contributed by atoms with Gasteiger partial charge in [-0.25, -0.2) is 9.59 Å². The zero-order valence-corrected chi connectivity index (χ0v) is 19.5. The van der Waals surface area contributed by atoms with Crippen LogP contribution in [0.25, 0.3) is 0 Å². The smallest absolute Gasteiger partial charge is 0.339 e. The van der Waals surface area contributed by atoms with Gasteiger partial charge in [0.1, 0.15) is 13.2 Å². The van der Waals surface area contributed by atoms with Crippen LogP contribution in [0.2, 0.25) is 0 Å². The summed E-state index contributed by atoms with van der Waals surface area (Å²) in [7, 11) is 0. The fourth-order valence-electron chi connectivity index (χ4n) is 4.31. The van der Waals surface area contributed by atoms with E-state index in [2.05, 4.69) is 17.6 Å². The zero-order chi connectivity index (χ0) is 24.8. The lowest BCUT2D eigenvalue weighted by atomic mass is 9.86. The molecular formula is C26H28N2O7. The van der Waals surface area contributed by atoms with E-state index in [-0.39, 0.29) is 17.2 Å². The van der Waals surface area contributed by atoms with Crippen molar-refractivity contribution in [3.63, 3.8) is 0 Å². The van der Waals surface area contributed by atoms with Crippen LogP contribution in [0, 0.1) is 5.92 Å². The summed E-state index contributed by atoms with van der Waals surface area (Å²) in [5.41, 5.74) is 0.458. The number of ether oxygens (including phenoxy) is 3. The summed E-state index contributed by atoms with van der Waals surface area (Å²) < 4.78 is 16.1. The summed E-state index contributed by atoms with van der Waals surface area (Å²) in [6.45, 7) is 2.23. The first kappa shape index (κ1) is 24.3. The molecule has 1 saturated carbocycles. The van der Waals surface area contributed by atoms with E-state index < -0.39 is 30.3 Å². The number of fused-ring (bicyclic) bond motifs is 1. The molecule has 2 aromatic rings.